The summed E-state index contributed by atoms with van der Waals surface area (Å²) < 4.78 is 102. The number of halogens is 6. The Bertz CT molecular complexity index is 4030. The maximum Gasteiger partial charge on any atom is 0.417 e. The van der Waals surface area contributed by atoms with Crippen molar-refractivity contribution in [1.82, 2.24) is 39.9 Å². The molecule has 0 bridgehead atoms. The van der Waals surface area contributed by atoms with E-state index in [-0.39, 0.29) is 59.6 Å². The van der Waals surface area contributed by atoms with Gasteiger partial charge < -0.3 is 14.2 Å². The van der Waals surface area contributed by atoms with Gasteiger partial charge in [0.25, 0.3) is 0 Å². The Labute approximate surface area is 460 Å². The van der Waals surface area contributed by atoms with E-state index < -0.39 is 34.7 Å². The number of nitrogens with zero attached hydrogens (tertiary/aromatic N) is 7. The Morgan fingerprint density at radius 2 is 0.852 bits per heavy atom. The Morgan fingerprint density at radius 1 is 0.432 bits per heavy atom. The smallest absolute Gasteiger partial charge is 0.417 e. The van der Waals surface area contributed by atoms with Crippen molar-refractivity contribution < 1.29 is 40.6 Å². The van der Waals surface area contributed by atoms with Gasteiger partial charge in [0.05, 0.1) is 40.8 Å². The van der Waals surface area contributed by atoms with Gasteiger partial charge in [-0.05, 0) is 135 Å². The van der Waals surface area contributed by atoms with Crippen LogP contribution in [0.3, 0.4) is 0 Å². The molecule has 10 aromatic rings. The number of ether oxygens (including phenoxy) is 3. The summed E-state index contributed by atoms with van der Waals surface area (Å²) in [7, 11) is 1.33. The van der Waals surface area contributed by atoms with Crippen LogP contribution in [0.25, 0.3) is 45.6 Å². The predicted molar refractivity (Wildman–Crippen MR) is 292 cm³/mol. The first-order chi connectivity index (χ1) is 39.1. The zero-order chi connectivity index (χ0) is 56.9. The molecule has 81 heavy (non-hydrogen) atoms. The number of nitrogens with one attached hydrogen (secondary N) is 1. The molecule has 4 aromatic heterocycles. The molecule has 0 spiro atoms. The molecule has 0 saturated carbocycles. The number of hydrogen-bond donors (Lipinski definition) is 1. The Balaban J connectivity index is 0.000000196. The first kappa shape index (κ1) is 55.3. The molecular weight excluding hydrogens is 1050 g/mol. The fraction of sp³-hybridized carbons (Fsp3) is 0.111. The topological polar surface area (TPSA) is 151 Å². The lowest BCUT2D eigenvalue weighted by atomic mass is 10.0. The van der Waals surface area contributed by atoms with E-state index in [9.17, 15) is 31.1 Å². The molecule has 12 nitrogen and oxygen atoms in total. The largest absolute Gasteiger partial charge is 0.487 e. The highest BCUT2D eigenvalue weighted by molar-refractivity contribution is 5.72. The summed E-state index contributed by atoms with van der Waals surface area (Å²) in [6, 6.07) is 50.6. The number of H-pyrrole nitrogens is 1. The van der Waals surface area contributed by atoms with Gasteiger partial charge in [0.2, 0.25) is 0 Å². The molecule has 6 aromatic carbocycles. The molecule has 0 atom stereocenters. The van der Waals surface area contributed by atoms with Crippen LogP contribution in [0.2, 0.25) is 0 Å². The zero-order valence-electron chi connectivity index (χ0n) is 43.3. The van der Waals surface area contributed by atoms with Crippen molar-refractivity contribution in [3.63, 3.8) is 0 Å². The Hall–Kier alpha value is -10.5. The molecule has 0 aliphatic rings. The number of alkyl halides is 6. The van der Waals surface area contributed by atoms with E-state index in [1.807, 2.05) is 73.7 Å². The number of aromatic amines is 1. The molecule has 0 amide bonds. The predicted octanol–water partition coefficient (Wildman–Crippen LogP) is 13.1. The summed E-state index contributed by atoms with van der Waals surface area (Å²) in [5.74, 6) is 11.7. The van der Waals surface area contributed by atoms with Gasteiger partial charge in [0.15, 0.2) is 17.5 Å². The molecule has 402 valence electrons. The van der Waals surface area contributed by atoms with E-state index in [1.54, 1.807) is 85.8 Å². The van der Waals surface area contributed by atoms with Gasteiger partial charge in [-0.3, -0.25) is 15.0 Å². The number of rotatable bonds is 11. The lowest BCUT2D eigenvalue weighted by molar-refractivity contribution is -0.138. The highest BCUT2D eigenvalue weighted by atomic mass is 19.4. The minimum Gasteiger partial charge on any atom is -0.487 e. The molecule has 0 fully saturated rings. The third-order valence-electron chi connectivity index (χ3n) is 11.8. The van der Waals surface area contributed by atoms with Gasteiger partial charge in [-0.1, -0.05) is 84.3 Å². The maximum absolute atomic E-state index is 14.2. The maximum atomic E-state index is 14.2. The van der Waals surface area contributed by atoms with Crippen LogP contribution >= 0.6 is 0 Å². The fourth-order valence-corrected chi connectivity index (χ4v) is 7.97. The van der Waals surface area contributed by atoms with Crippen molar-refractivity contribution in [1.29, 1.82) is 0 Å². The first-order valence-corrected chi connectivity index (χ1v) is 24.7. The van der Waals surface area contributed by atoms with E-state index in [4.69, 9.17) is 14.2 Å². The highest BCUT2D eigenvalue weighted by Crippen LogP contribution is 2.43. The van der Waals surface area contributed by atoms with Gasteiger partial charge in [0, 0.05) is 44.8 Å². The van der Waals surface area contributed by atoms with Crippen LogP contribution in [-0.4, -0.2) is 47.0 Å². The van der Waals surface area contributed by atoms with E-state index >= 15 is 0 Å². The second kappa shape index (κ2) is 24.9. The Morgan fingerprint density at radius 3 is 1.31 bits per heavy atom. The average molecular weight is 1090 g/mol. The molecule has 18 heteroatoms. The van der Waals surface area contributed by atoms with Crippen LogP contribution < -0.4 is 19.9 Å². The van der Waals surface area contributed by atoms with E-state index in [1.165, 1.54) is 31.4 Å². The van der Waals surface area contributed by atoms with Gasteiger partial charge in [-0.15, -0.1) is 0 Å². The third kappa shape index (κ3) is 14.6. The number of aryl methyl sites for hydroxylation is 2. The quantitative estimate of drug-likeness (QED) is 0.0973. The molecule has 1 N–H and O–H groups in total. The molecular formula is C63H44F6N8O4. The van der Waals surface area contributed by atoms with Gasteiger partial charge in [0.1, 0.15) is 30.5 Å². The minimum atomic E-state index is -4.74. The summed E-state index contributed by atoms with van der Waals surface area (Å²) in [5, 5.41) is 0. The average Bonchev–Trinajstić information content (AvgIpc) is 3.67. The summed E-state index contributed by atoms with van der Waals surface area (Å²) in [6.45, 7) is 3.50. The van der Waals surface area contributed by atoms with Crippen LogP contribution in [-0.2, 0) is 25.6 Å². The fourth-order valence-electron chi connectivity index (χ4n) is 7.97. The molecule has 0 saturated heterocycles. The van der Waals surface area contributed by atoms with Crippen LogP contribution in [0.15, 0.2) is 187 Å². The summed E-state index contributed by atoms with van der Waals surface area (Å²) in [6.07, 6.45) is -9.44. The van der Waals surface area contributed by atoms with Crippen LogP contribution in [0.1, 0.15) is 56.2 Å². The van der Waals surface area contributed by atoms with Crippen molar-refractivity contribution in [3.05, 3.63) is 249 Å². The monoisotopic (exact) mass is 1090 g/mol. The lowest BCUT2D eigenvalue weighted by Gasteiger charge is -2.17. The van der Waals surface area contributed by atoms with Crippen molar-refractivity contribution >= 4 is 0 Å². The zero-order valence-corrected chi connectivity index (χ0v) is 43.3. The number of hydrogen-bond acceptors (Lipinski definition) is 11. The van der Waals surface area contributed by atoms with Crippen molar-refractivity contribution in [2.45, 2.75) is 39.4 Å². The molecule has 10 rings (SSSR count). The molecule has 0 radical (unpaired) electrons. The van der Waals surface area contributed by atoms with Crippen molar-refractivity contribution in [3.8, 4) is 86.7 Å². The van der Waals surface area contributed by atoms with E-state index in [0.717, 1.165) is 40.2 Å². The highest BCUT2D eigenvalue weighted by Gasteiger charge is 2.38. The number of aromatic nitrogens is 8. The summed E-state index contributed by atoms with van der Waals surface area (Å²) in [4.78, 5) is 44.6. The third-order valence-corrected chi connectivity index (χ3v) is 11.8. The standard InChI is InChI=1S/C32H23F3N4O2.C31H21F3N4O2/c1-21-8-6-11-25(36-21)20-41-27-13-7-12-26(32(33,34)35)28(27)30-37-29(38-31(39-30)40-2)24-18-16-23(17-19-24)15-14-22-9-4-3-5-10-22;1-20-7-5-10-24(35-20)19-40-26-12-6-11-25(31(32,33)34)27(26)29-36-28(37-30(39)38-29)23-17-15-22(16-18-23)14-13-21-8-3-2-4-9-21/h3-13,16-19H,20H2,1-2H3;2-12,15-18H,19H2,1H3,(H,36,37,38,39). The lowest BCUT2D eigenvalue weighted by Crippen LogP contribution is -2.17. The number of pyridine rings is 2. The van der Waals surface area contributed by atoms with Gasteiger partial charge in [-0.25, -0.2) is 14.8 Å². The van der Waals surface area contributed by atoms with Crippen molar-refractivity contribution in [2.75, 3.05) is 7.11 Å². The second-order valence-electron chi connectivity index (χ2n) is 17.7. The van der Waals surface area contributed by atoms with Crippen LogP contribution in [0, 0.1) is 37.5 Å². The molecule has 0 aliphatic heterocycles. The second-order valence-corrected chi connectivity index (χ2v) is 17.7. The van der Waals surface area contributed by atoms with E-state index in [2.05, 4.69) is 63.6 Å². The van der Waals surface area contributed by atoms with Gasteiger partial charge >= 0.3 is 24.1 Å². The van der Waals surface area contributed by atoms with Gasteiger partial charge in [-0.2, -0.15) is 41.3 Å². The normalized spacial score (nSPS) is 11.0. The SMILES string of the molecule is COc1nc(-c2ccc(C#Cc3ccccc3)cc2)nc(-c2c(OCc3cccc(C)n3)cccc2C(F)(F)F)n1.Cc1cccc(COc2cccc(C(F)(F)F)c2-c2nc(-c3ccc(C#Cc4ccccc4)cc3)nc(=O)[nH]2)n1. The van der Waals surface area contributed by atoms with E-state index in [0.29, 0.717) is 28.1 Å². The number of methoxy groups -OCH3 is 1. The number of benzene rings is 6. The molecule has 4 heterocycles. The Kier molecular flexibility index (Phi) is 17.0. The summed E-state index contributed by atoms with van der Waals surface area (Å²) in [5.41, 5.74) is 3.28. The minimum absolute atomic E-state index is 0.0374. The first-order valence-electron chi connectivity index (χ1n) is 24.7. The van der Waals surface area contributed by atoms with Crippen molar-refractivity contribution in [2.24, 2.45) is 0 Å². The van der Waals surface area contributed by atoms with Crippen LogP contribution in [0.5, 0.6) is 17.5 Å². The van der Waals surface area contributed by atoms with Crippen LogP contribution in [0.4, 0.5) is 26.3 Å². The summed E-state index contributed by atoms with van der Waals surface area (Å²) >= 11 is 0. The molecule has 0 aliphatic carbocycles. The molecule has 0 unspecified atom stereocenters.